The van der Waals surface area contributed by atoms with Gasteiger partial charge in [-0.15, -0.1) is 11.3 Å². The first-order valence-electron chi connectivity index (χ1n) is 6.48. The number of carbonyl (C=O) groups is 2. The Bertz CT molecular complexity index is 644. The Morgan fingerprint density at radius 3 is 2.38 bits per heavy atom. The van der Waals surface area contributed by atoms with E-state index in [0.29, 0.717) is 42.8 Å². The Balaban J connectivity index is 1.60. The monoisotopic (exact) mass is 306 g/mol. The summed E-state index contributed by atoms with van der Waals surface area (Å²) in [7, 11) is 0. The van der Waals surface area contributed by atoms with Crippen LogP contribution < -0.4 is 5.73 Å². The van der Waals surface area contributed by atoms with Crippen molar-refractivity contribution in [2.45, 2.75) is 0 Å². The third-order valence-corrected chi connectivity index (χ3v) is 4.00. The quantitative estimate of drug-likeness (QED) is 0.890. The van der Waals surface area contributed by atoms with Gasteiger partial charge in [-0.3, -0.25) is 9.59 Å². The van der Waals surface area contributed by atoms with E-state index in [1.54, 1.807) is 27.3 Å². The maximum Gasteiger partial charge on any atom is 0.289 e. The van der Waals surface area contributed by atoms with E-state index < -0.39 is 0 Å². The molecule has 2 aromatic rings. The molecule has 2 aromatic heterocycles. The number of hydrogen-bond donors (Lipinski definition) is 1. The molecule has 0 radical (unpaired) electrons. The fourth-order valence-corrected chi connectivity index (χ4v) is 2.75. The van der Waals surface area contributed by atoms with Gasteiger partial charge in [-0.25, -0.2) is 4.98 Å². The molecular formula is C13H14N4O3S. The number of carbonyl (C=O) groups excluding carboxylic acids is 2. The van der Waals surface area contributed by atoms with Crippen molar-refractivity contribution < 1.29 is 14.0 Å². The highest BCUT2D eigenvalue weighted by atomic mass is 32.1. The first-order valence-corrected chi connectivity index (χ1v) is 7.36. The van der Waals surface area contributed by atoms with E-state index in [0.717, 1.165) is 0 Å². The summed E-state index contributed by atoms with van der Waals surface area (Å²) in [5, 5.41) is 2.03. The number of furan rings is 1. The number of amides is 2. The summed E-state index contributed by atoms with van der Waals surface area (Å²) in [5.74, 6) is 0.0279. The Kier molecular flexibility index (Phi) is 3.61. The van der Waals surface area contributed by atoms with Crippen molar-refractivity contribution in [1.29, 1.82) is 0 Å². The van der Waals surface area contributed by atoms with Crippen LogP contribution in [0.25, 0.3) is 0 Å². The average molecular weight is 306 g/mol. The zero-order valence-electron chi connectivity index (χ0n) is 11.2. The number of anilines is 1. The molecule has 1 aliphatic rings. The molecule has 0 aliphatic carbocycles. The van der Waals surface area contributed by atoms with E-state index in [9.17, 15) is 9.59 Å². The Labute approximate surface area is 125 Å². The Morgan fingerprint density at radius 2 is 1.86 bits per heavy atom. The summed E-state index contributed by atoms with van der Waals surface area (Å²) in [5.41, 5.74) is 5.90. The summed E-state index contributed by atoms with van der Waals surface area (Å²) in [6.07, 6.45) is 1.47. The molecular weight excluding hydrogens is 292 g/mol. The maximum atomic E-state index is 12.2. The first-order chi connectivity index (χ1) is 10.1. The fraction of sp³-hybridized carbons (Fsp3) is 0.308. The lowest BCUT2D eigenvalue weighted by molar-refractivity contribution is 0.0515. The summed E-state index contributed by atoms with van der Waals surface area (Å²) in [6.45, 7) is 1.90. The summed E-state index contributed by atoms with van der Waals surface area (Å²) >= 11 is 1.24. The van der Waals surface area contributed by atoms with E-state index in [1.165, 1.54) is 17.6 Å². The van der Waals surface area contributed by atoms with Gasteiger partial charge >= 0.3 is 0 Å². The highest BCUT2D eigenvalue weighted by molar-refractivity contribution is 7.13. The molecule has 8 heteroatoms. The van der Waals surface area contributed by atoms with Crippen molar-refractivity contribution in [2.24, 2.45) is 0 Å². The zero-order valence-corrected chi connectivity index (χ0v) is 12.0. The van der Waals surface area contributed by atoms with Crippen LogP contribution in [0, 0.1) is 0 Å². The minimum absolute atomic E-state index is 0.145. The van der Waals surface area contributed by atoms with Crippen molar-refractivity contribution in [3.05, 3.63) is 35.2 Å². The van der Waals surface area contributed by atoms with Crippen molar-refractivity contribution in [2.75, 3.05) is 31.9 Å². The summed E-state index contributed by atoms with van der Waals surface area (Å²) in [4.78, 5) is 31.7. The smallest absolute Gasteiger partial charge is 0.289 e. The van der Waals surface area contributed by atoms with Crippen molar-refractivity contribution >= 4 is 28.3 Å². The molecule has 1 saturated heterocycles. The van der Waals surface area contributed by atoms with E-state index in [1.807, 2.05) is 0 Å². The molecule has 0 aromatic carbocycles. The van der Waals surface area contributed by atoms with Crippen LogP contribution in [-0.2, 0) is 0 Å². The molecule has 0 unspecified atom stereocenters. The number of nitrogens with zero attached hydrogens (tertiary/aromatic N) is 3. The number of nitrogens with two attached hydrogens (primary N) is 1. The lowest BCUT2D eigenvalue weighted by Gasteiger charge is -2.33. The van der Waals surface area contributed by atoms with Crippen LogP contribution in [0.5, 0.6) is 0 Å². The van der Waals surface area contributed by atoms with Crippen molar-refractivity contribution in [3.8, 4) is 0 Å². The second-order valence-electron chi connectivity index (χ2n) is 4.63. The average Bonchev–Trinajstić information content (AvgIpc) is 3.17. The van der Waals surface area contributed by atoms with Crippen molar-refractivity contribution in [1.82, 2.24) is 14.8 Å². The van der Waals surface area contributed by atoms with Gasteiger partial charge in [0.25, 0.3) is 11.8 Å². The Hall–Kier alpha value is -2.35. The second-order valence-corrected chi connectivity index (χ2v) is 5.52. The molecule has 0 atom stereocenters. The molecule has 2 N–H and O–H groups in total. The number of piperazine rings is 1. The normalized spacial score (nSPS) is 15.2. The topological polar surface area (TPSA) is 92.7 Å². The molecule has 110 valence electrons. The number of aromatic nitrogens is 1. The highest BCUT2D eigenvalue weighted by Crippen LogP contribution is 2.15. The van der Waals surface area contributed by atoms with Gasteiger partial charge in [0.15, 0.2) is 10.9 Å². The van der Waals surface area contributed by atoms with Gasteiger partial charge in [-0.05, 0) is 12.1 Å². The highest BCUT2D eigenvalue weighted by Gasteiger charge is 2.27. The minimum Gasteiger partial charge on any atom is -0.459 e. The molecule has 21 heavy (non-hydrogen) atoms. The third kappa shape index (κ3) is 2.75. The van der Waals surface area contributed by atoms with Crippen LogP contribution >= 0.6 is 11.3 Å². The van der Waals surface area contributed by atoms with E-state index in [2.05, 4.69) is 4.98 Å². The third-order valence-electron chi connectivity index (χ3n) is 3.33. The molecule has 0 bridgehead atoms. The van der Waals surface area contributed by atoms with Crippen LogP contribution in [0.4, 0.5) is 5.13 Å². The largest absolute Gasteiger partial charge is 0.459 e. The number of hydrogen-bond acceptors (Lipinski definition) is 6. The van der Waals surface area contributed by atoms with E-state index in [-0.39, 0.29) is 11.8 Å². The number of nitrogen functional groups attached to an aromatic ring is 1. The first kappa shape index (κ1) is 13.6. The molecule has 3 heterocycles. The Morgan fingerprint density at radius 1 is 1.19 bits per heavy atom. The second kappa shape index (κ2) is 5.57. The molecule has 1 fully saturated rings. The van der Waals surface area contributed by atoms with Gasteiger partial charge in [0.1, 0.15) is 5.69 Å². The molecule has 7 nitrogen and oxygen atoms in total. The minimum atomic E-state index is -0.148. The summed E-state index contributed by atoms with van der Waals surface area (Å²) < 4.78 is 5.10. The summed E-state index contributed by atoms with van der Waals surface area (Å²) in [6, 6.07) is 3.32. The van der Waals surface area contributed by atoms with Crippen LogP contribution in [0.2, 0.25) is 0 Å². The van der Waals surface area contributed by atoms with Gasteiger partial charge in [-0.1, -0.05) is 0 Å². The van der Waals surface area contributed by atoms with Gasteiger partial charge in [0, 0.05) is 31.6 Å². The SMILES string of the molecule is Nc1nc(C(=O)N2CCN(C(=O)c3ccco3)CC2)cs1. The molecule has 3 rings (SSSR count). The van der Waals surface area contributed by atoms with E-state index >= 15 is 0 Å². The van der Waals surface area contributed by atoms with E-state index in [4.69, 9.17) is 10.2 Å². The van der Waals surface area contributed by atoms with Gasteiger partial charge < -0.3 is 20.0 Å². The van der Waals surface area contributed by atoms with Gasteiger partial charge in [0.05, 0.1) is 6.26 Å². The molecule has 1 aliphatic heterocycles. The van der Waals surface area contributed by atoms with Crippen LogP contribution in [0.15, 0.2) is 28.2 Å². The lowest BCUT2D eigenvalue weighted by Crippen LogP contribution is -2.50. The molecule has 0 saturated carbocycles. The fourth-order valence-electron chi connectivity index (χ4n) is 2.22. The van der Waals surface area contributed by atoms with Crippen LogP contribution in [0.3, 0.4) is 0 Å². The lowest BCUT2D eigenvalue weighted by atomic mass is 10.2. The zero-order chi connectivity index (χ0) is 14.8. The maximum absolute atomic E-state index is 12.2. The van der Waals surface area contributed by atoms with Gasteiger partial charge in [0.2, 0.25) is 0 Å². The van der Waals surface area contributed by atoms with Crippen molar-refractivity contribution in [3.63, 3.8) is 0 Å². The van der Waals surface area contributed by atoms with Crippen LogP contribution in [0.1, 0.15) is 21.0 Å². The van der Waals surface area contributed by atoms with Crippen LogP contribution in [-0.4, -0.2) is 52.8 Å². The molecule has 2 amide bonds. The number of rotatable bonds is 2. The standard InChI is InChI=1S/C13H14N4O3S/c14-13-15-9(8-21-13)11(18)16-3-5-17(6-4-16)12(19)10-2-1-7-20-10/h1-2,7-8H,3-6H2,(H2,14,15). The predicted molar refractivity (Wildman–Crippen MR) is 77.0 cm³/mol. The predicted octanol–water partition coefficient (Wildman–Crippen LogP) is 0.917. The number of thiazole rings is 1. The molecule has 0 spiro atoms. The van der Waals surface area contributed by atoms with Gasteiger partial charge in [-0.2, -0.15) is 0 Å².